The molecule has 0 aromatic heterocycles. The van der Waals surface area contributed by atoms with Crippen molar-refractivity contribution in [1.82, 2.24) is 4.31 Å². The van der Waals surface area contributed by atoms with Gasteiger partial charge in [0.15, 0.2) is 0 Å². The van der Waals surface area contributed by atoms with Crippen LogP contribution in [-0.2, 0) is 10.0 Å². The second-order valence-electron chi connectivity index (χ2n) is 5.58. The molecule has 1 aliphatic heterocycles. The van der Waals surface area contributed by atoms with Gasteiger partial charge in [-0.2, -0.15) is 16.1 Å². The summed E-state index contributed by atoms with van der Waals surface area (Å²) in [5.74, 6) is -0.303. The molecule has 0 saturated carbocycles. The van der Waals surface area contributed by atoms with E-state index in [1.54, 1.807) is 17.8 Å². The van der Waals surface area contributed by atoms with Gasteiger partial charge in [-0.1, -0.05) is 12.1 Å². The highest BCUT2D eigenvalue weighted by Gasteiger charge is 2.27. The Hall–Kier alpha value is -1.90. The molecule has 0 unspecified atom stereocenters. The normalized spacial score (nSPS) is 15.9. The molecule has 1 heterocycles. The van der Waals surface area contributed by atoms with Gasteiger partial charge in [-0.15, -0.1) is 0 Å². The van der Waals surface area contributed by atoms with Crippen LogP contribution in [0.25, 0.3) is 11.1 Å². The molecule has 1 fully saturated rings. The van der Waals surface area contributed by atoms with Crippen molar-refractivity contribution in [3.8, 4) is 11.1 Å². The van der Waals surface area contributed by atoms with Gasteiger partial charge >= 0.3 is 5.97 Å². The van der Waals surface area contributed by atoms with Crippen molar-refractivity contribution in [2.75, 3.05) is 24.6 Å². The van der Waals surface area contributed by atoms with Gasteiger partial charge in [0.25, 0.3) is 0 Å². The summed E-state index contributed by atoms with van der Waals surface area (Å²) in [6.45, 7) is 0.777. The number of thioether (sulfide) groups is 1. The molecule has 2 aromatic carbocycles. The molecule has 25 heavy (non-hydrogen) atoms. The molecule has 2 aromatic rings. The topological polar surface area (TPSA) is 74.7 Å². The lowest BCUT2D eigenvalue weighted by Crippen LogP contribution is -2.37. The Morgan fingerprint density at radius 3 is 2.44 bits per heavy atom. The number of carboxylic acid groups (broad SMARTS) is 1. The van der Waals surface area contributed by atoms with Gasteiger partial charge in [0.2, 0.25) is 10.0 Å². The van der Waals surface area contributed by atoms with Crippen LogP contribution in [0.5, 0.6) is 0 Å². The summed E-state index contributed by atoms with van der Waals surface area (Å²) in [5.41, 5.74) is 0.629. The van der Waals surface area contributed by atoms with Crippen LogP contribution in [0.15, 0.2) is 47.4 Å². The first-order valence-electron chi connectivity index (χ1n) is 7.60. The van der Waals surface area contributed by atoms with Crippen LogP contribution in [0, 0.1) is 5.82 Å². The number of carboxylic acids is 1. The van der Waals surface area contributed by atoms with Gasteiger partial charge in [0.05, 0.1) is 10.5 Å². The molecule has 1 aliphatic rings. The maximum absolute atomic E-state index is 13.5. The Balaban J connectivity index is 2.11. The average Bonchev–Trinajstić information content (AvgIpc) is 2.62. The van der Waals surface area contributed by atoms with Gasteiger partial charge in [0, 0.05) is 24.6 Å². The number of halogens is 1. The van der Waals surface area contributed by atoms with Crippen molar-refractivity contribution in [3.05, 3.63) is 53.8 Å². The molecule has 0 bridgehead atoms. The maximum Gasteiger partial charge on any atom is 0.335 e. The number of aromatic carboxylic acids is 1. The van der Waals surface area contributed by atoms with Crippen LogP contribution in [0.1, 0.15) is 10.4 Å². The number of sulfonamides is 1. The summed E-state index contributed by atoms with van der Waals surface area (Å²) in [5, 5.41) is 9.33. The number of nitrogens with zero attached hydrogens (tertiary/aromatic N) is 1. The number of hydrogen-bond donors (Lipinski definition) is 1. The smallest absolute Gasteiger partial charge is 0.335 e. The minimum atomic E-state index is -3.80. The van der Waals surface area contributed by atoms with E-state index in [0.29, 0.717) is 35.7 Å². The lowest BCUT2D eigenvalue weighted by Gasteiger charge is -2.26. The molecule has 0 spiro atoms. The molecule has 3 rings (SSSR count). The minimum Gasteiger partial charge on any atom is -0.478 e. The summed E-state index contributed by atoms with van der Waals surface area (Å²) in [6, 6.07) is 9.53. The number of rotatable bonds is 4. The molecule has 5 nitrogen and oxygen atoms in total. The van der Waals surface area contributed by atoms with E-state index in [1.165, 1.54) is 34.6 Å². The van der Waals surface area contributed by atoms with Crippen LogP contribution >= 0.6 is 11.8 Å². The quantitative estimate of drug-likeness (QED) is 0.881. The Morgan fingerprint density at radius 1 is 1.08 bits per heavy atom. The van der Waals surface area contributed by atoms with Crippen LogP contribution in [-0.4, -0.2) is 48.4 Å². The van der Waals surface area contributed by atoms with E-state index in [4.69, 9.17) is 0 Å². The van der Waals surface area contributed by atoms with Crippen molar-refractivity contribution < 1.29 is 22.7 Å². The second kappa shape index (κ2) is 7.15. The fourth-order valence-corrected chi connectivity index (χ4v) is 5.29. The molecule has 0 atom stereocenters. The van der Waals surface area contributed by atoms with E-state index in [2.05, 4.69) is 0 Å². The summed E-state index contributed by atoms with van der Waals surface area (Å²) >= 11 is 1.68. The molecule has 0 radical (unpaired) electrons. The van der Waals surface area contributed by atoms with Crippen molar-refractivity contribution >= 4 is 27.8 Å². The zero-order valence-corrected chi connectivity index (χ0v) is 14.8. The standard InChI is InChI=1S/C17H16FNO4S2/c18-15-3-1-2-12(9-15)13-8-14(17(20)21)11-16(10-13)25(22,23)19-4-6-24-7-5-19/h1-3,8-11H,4-7H2,(H,20,21). The Morgan fingerprint density at radius 2 is 1.80 bits per heavy atom. The largest absolute Gasteiger partial charge is 0.478 e. The lowest BCUT2D eigenvalue weighted by molar-refractivity contribution is 0.0696. The van der Waals surface area contributed by atoms with Gasteiger partial charge in [-0.3, -0.25) is 0 Å². The number of hydrogen-bond acceptors (Lipinski definition) is 4. The lowest BCUT2D eigenvalue weighted by atomic mass is 10.0. The van der Waals surface area contributed by atoms with Crippen molar-refractivity contribution in [3.63, 3.8) is 0 Å². The van der Waals surface area contributed by atoms with Gasteiger partial charge < -0.3 is 5.11 Å². The van der Waals surface area contributed by atoms with Crippen LogP contribution < -0.4 is 0 Å². The van der Waals surface area contributed by atoms with Crippen molar-refractivity contribution in [2.24, 2.45) is 0 Å². The molecule has 1 saturated heterocycles. The summed E-state index contributed by atoms with van der Waals surface area (Å²) in [6.07, 6.45) is 0. The molecule has 132 valence electrons. The Labute approximate surface area is 149 Å². The first-order valence-corrected chi connectivity index (χ1v) is 10.2. The minimum absolute atomic E-state index is 0.0847. The van der Waals surface area contributed by atoms with Crippen LogP contribution in [0.4, 0.5) is 4.39 Å². The number of benzene rings is 2. The molecule has 0 aliphatic carbocycles. The highest BCUT2D eigenvalue weighted by molar-refractivity contribution is 7.99. The van der Waals surface area contributed by atoms with Crippen LogP contribution in [0.3, 0.4) is 0 Å². The fourth-order valence-electron chi connectivity index (χ4n) is 2.64. The third-order valence-corrected chi connectivity index (χ3v) is 6.74. The first kappa shape index (κ1) is 17.9. The Bertz CT molecular complexity index is 909. The average molecular weight is 381 g/mol. The van der Waals surface area contributed by atoms with Crippen molar-refractivity contribution in [1.29, 1.82) is 0 Å². The zero-order valence-electron chi connectivity index (χ0n) is 13.2. The van der Waals surface area contributed by atoms with E-state index in [9.17, 15) is 22.7 Å². The van der Waals surface area contributed by atoms with E-state index in [1.807, 2.05) is 0 Å². The monoisotopic (exact) mass is 381 g/mol. The third-order valence-electron chi connectivity index (χ3n) is 3.92. The molecule has 8 heteroatoms. The van der Waals surface area contributed by atoms with E-state index >= 15 is 0 Å². The van der Waals surface area contributed by atoms with Gasteiger partial charge in [-0.25, -0.2) is 17.6 Å². The van der Waals surface area contributed by atoms with E-state index in [-0.39, 0.29) is 10.5 Å². The SMILES string of the molecule is O=C(O)c1cc(-c2cccc(F)c2)cc(S(=O)(=O)N2CCSCC2)c1. The van der Waals surface area contributed by atoms with Crippen molar-refractivity contribution in [2.45, 2.75) is 4.90 Å². The van der Waals surface area contributed by atoms with Crippen LogP contribution in [0.2, 0.25) is 0 Å². The van der Waals surface area contributed by atoms with E-state index in [0.717, 1.165) is 6.07 Å². The predicted octanol–water partition coefficient (Wildman–Crippen LogP) is 2.93. The molecule has 0 amide bonds. The highest BCUT2D eigenvalue weighted by Crippen LogP contribution is 2.28. The summed E-state index contributed by atoms with van der Waals surface area (Å²) < 4.78 is 40.6. The molecular weight excluding hydrogens is 365 g/mol. The summed E-state index contributed by atoms with van der Waals surface area (Å²) in [7, 11) is -3.80. The zero-order chi connectivity index (χ0) is 18.0. The third kappa shape index (κ3) is 3.86. The first-order chi connectivity index (χ1) is 11.9. The second-order valence-corrected chi connectivity index (χ2v) is 8.74. The maximum atomic E-state index is 13.5. The molecular formula is C17H16FNO4S2. The Kier molecular flexibility index (Phi) is 5.12. The van der Waals surface area contributed by atoms with E-state index < -0.39 is 21.8 Å². The molecule has 1 N–H and O–H groups in total. The van der Waals surface area contributed by atoms with Gasteiger partial charge in [-0.05, 0) is 41.5 Å². The fraction of sp³-hybridized carbons (Fsp3) is 0.235. The summed E-state index contributed by atoms with van der Waals surface area (Å²) in [4.78, 5) is 11.3. The highest BCUT2D eigenvalue weighted by atomic mass is 32.2. The predicted molar refractivity (Wildman–Crippen MR) is 94.9 cm³/mol. The number of carbonyl (C=O) groups is 1. The van der Waals surface area contributed by atoms with Gasteiger partial charge in [0.1, 0.15) is 5.82 Å².